The van der Waals surface area contributed by atoms with Crippen molar-refractivity contribution in [2.45, 2.75) is 0 Å². The molecule has 0 saturated heterocycles. The van der Waals surface area contributed by atoms with E-state index in [0.717, 1.165) is 11.4 Å². The van der Waals surface area contributed by atoms with Crippen molar-refractivity contribution in [3.63, 3.8) is 0 Å². The SMILES string of the molecule is COCC(=O)CN(C)c1cccc(OC)c1. The van der Waals surface area contributed by atoms with Crippen LogP contribution in [0, 0.1) is 0 Å². The minimum atomic E-state index is 0.0489. The first-order valence-corrected chi connectivity index (χ1v) is 5.03. The molecule has 1 aromatic rings. The quantitative estimate of drug-likeness (QED) is 0.729. The Kier molecular flexibility index (Phi) is 4.79. The molecule has 0 radical (unpaired) electrons. The molecule has 0 N–H and O–H groups in total. The summed E-state index contributed by atoms with van der Waals surface area (Å²) in [5.74, 6) is 0.830. The van der Waals surface area contributed by atoms with Gasteiger partial charge in [-0.15, -0.1) is 0 Å². The third-order valence-electron chi connectivity index (χ3n) is 2.21. The van der Waals surface area contributed by atoms with Gasteiger partial charge in [-0.2, -0.15) is 0 Å². The zero-order valence-electron chi connectivity index (χ0n) is 9.90. The van der Waals surface area contributed by atoms with Crippen molar-refractivity contribution in [1.82, 2.24) is 0 Å². The zero-order valence-corrected chi connectivity index (χ0v) is 9.90. The van der Waals surface area contributed by atoms with Crippen LogP contribution in [0.1, 0.15) is 0 Å². The molecule has 1 aromatic carbocycles. The average molecular weight is 223 g/mol. The zero-order chi connectivity index (χ0) is 12.0. The number of hydrogen-bond acceptors (Lipinski definition) is 4. The van der Waals surface area contributed by atoms with Crippen molar-refractivity contribution in [3.8, 4) is 5.75 Å². The Morgan fingerprint density at radius 3 is 2.75 bits per heavy atom. The predicted molar refractivity (Wildman–Crippen MR) is 63.1 cm³/mol. The summed E-state index contributed by atoms with van der Waals surface area (Å²) >= 11 is 0. The normalized spacial score (nSPS) is 9.94. The van der Waals surface area contributed by atoms with Crippen LogP contribution >= 0.6 is 0 Å². The lowest BCUT2D eigenvalue weighted by Gasteiger charge is -2.18. The summed E-state index contributed by atoms with van der Waals surface area (Å²) in [6.45, 7) is 0.481. The fourth-order valence-corrected chi connectivity index (χ4v) is 1.41. The van der Waals surface area contributed by atoms with Crippen LogP contribution in [0.4, 0.5) is 5.69 Å². The minimum Gasteiger partial charge on any atom is -0.497 e. The summed E-state index contributed by atoms with van der Waals surface area (Å²) in [7, 11) is 5.00. The molecule has 0 unspecified atom stereocenters. The van der Waals surface area contributed by atoms with Gasteiger partial charge in [0.1, 0.15) is 12.4 Å². The van der Waals surface area contributed by atoms with Crippen LogP contribution in [0.15, 0.2) is 24.3 Å². The summed E-state index contributed by atoms with van der Waals surface area (Å²) in [5, 5.41) is 0. The Labute approximate surface area is 95.8 Å². The van der Waals surface area contributed by atoms with Crippen LogP contribution in [-0.2, 0) is 9.53 Å². The molecule has 0 amide bonds. The van der Waals surface area contributed by atoms with E-state index < -0.39 is 0 Å². The summed E-state index contributed by atoms with van der Waals surface area (Å²) < 4.78 is 9.91. The second kappa shape index (κ2) is 6.12. The highest BCUT2D eigenvalue weighted by atomic mass is 16.5. The average Bonchev–Trinajstić information content (AvgIpc) is 2.29. The van der Waals surface area contributed by atoms with E-state index in [2.05, 4.69) is 0 Å². The second-order valence-corrected chi connectivity index (χ2v) is 3.53. The van der Waals surface area contributed by atoms with Crippen LogP contribution in [0.25, 0.3) is 0 Å². The molecular weight excluding hydrogens is 206 g/mol. The molecule has 4 nitrogen and oxygen atoms in total. The van der Waals surface area contributed by atoms with Crippen LogP contribution in [-0.4, -0.2) is 40.2 Å². The van der Waals surface area contributed by atoms with Gasteiger partial charge in [0.05, 0.1) is 13.7 Å². The highest BCUT2D eigenvalue weighted by molar-refractivity contribution is 5.84. The lowest BCUT2D eigenvalue weighted by Crippen LogP contribution is -2.27. The van der Waals surface area contributed by atoms with E-state index in [1.54, 1.807) is 7.11 Å². The van der Waals surface area contributed by atoms with Gasteiger partial charge in [-0.1, -0.05) is 6.07 Å². The highest BCUT2D eigenvalue weighted by Gasteiger charge is 2.07. The first-order chi connectivity index (χ1) is 7.67. The maximum Gasteiger partial charge on any atom is 0.177 e. The largest absolute Gasteiger partial charge is 0.497 e. The number of Topliss-reactive ketones (excluding diaryl/α,β-unsaturated/α-hetero) is 1. The Morgan fingerprint density at radius 2 is 2.12 bits per heavy atom. The third kappa shape index (κ3) is 3.55. The minimum absolute atomic E-state index is 0.0489. The van der Waals surface area contributed by atoms with Crippen molar-refractivity contribution in [2.75, 3.05) is 39.3 Å². The number of hydrogen-bond donors (Lipinski definition) is 0. The van der Waals surface area contributed by atoms with E-state index >= 15 is 0 Å². The molecule has 88 valence electrons. The van der Waals surface area contributed by atoms with Crippen LogP contribution in [0.5, 0.6) is 5.75 Å². The van der Waals surface area contributed by atoms with E-state index in [0.29, 0.717) is 6.54 Å². The molecule has 0 aromatic heterocycles. The number of methoxy groups -OCH3 is 2. The smallest absolute Gasteiger partial charge is 0.177 e. The van der Waals surface area contributed by atoms with Crippen LogP contribution in [0.3, 0.4) is 0 Å². The van der Waals surface area contributed by atoms with Gasteiger partial charge < -0.3 is 14.4 Å². The summed E-state index contributed by atoms with van der Waals surface area (Å²) in [6, 6.07) is 7.59. The lowest BCUT2D eigenvalue weighted by atomic mass is 10.2. The molecule has 0 aliphatic heterocycles. The number of ketones is 1. The molecule has 0 aliphatic rings. The molecule has 0 heterocycles. The van der Waals surface area contributed by atoms with E-state index in [9.17, 15) is 4.79 Å². The van der Waals surface area contributed by atoms with Gasteiger partial charge in [0.2, 0.25) is 0 Å². The standard InChI is InChI=1S/C12H17NO3/c1-13(8-11(14)9-15-2)10-5-4-6-12(7-10)16-3/h4-7H,8-9H2,1-3H3. The number of benzene rings is 1. The van der Waals surface area contributed by atoms with E-state index in [1.807, 2.05) is 36.2 Å². The van der Waals surface area contributed by atoms with Gasteiger partial charge in [0.15, 0.2) is 5.78 Å². The maximum atomic E-state index is 11.4. The number of likely N-dealkylation sites (N-methyl/N-ethyl adjacent to an activating group) is 1. The van der Waals surface area contributed by atoms with Gasteiger partial charge in [0, 0.05) is 25.9 Å². The van der Waals surface area contributed by atoms with Crippen molar-refractivity contribution in [2.24, 2.45) is 0 Å². The Balaban J connectivity index is 2.64. The van der Waals surface area contributed by atoms with Gasteiger partial charge in [-0.05, 0) is 12.1 Å². The van der Waals surface area contributed by atoms with Crippen LogP contribution in [0.2, 0.25) is 0 Å². The number of rotatable bonds is 6. The van der Waals surface area contributed by atoms with Gasteiger partial charge in [-0.25, -0.2) is 0 Å². The summed E-state index contributed by atoms with van der Waals surface area (Å²) in [4.78, 5) is 13.2. The van der Waals surface area contributed by atoms with E-state index in [-0.39, 0.29) is 12.4 Å². The monoisotopic (exact) mass is 223 g/mol. The van der Waals surface area contributed by atoms with Crippen molar-refractivity contribution >= 4 is 11.5 Å². The second-order valence-electron chi connectivity index (χ2n) is 3.53. The van der Waals surface area contributed by atoms with Gasteiger partial charge >= 0.3 is 0 Å². The fourth-order valence-electron chi connectivity index (χ4n) is 1.41. The van der Waals surface area contributed by atoms with Crippen molar-refractivity contribution in [3.05, 3.63) is 24.3 Å². The fraction of sp³-hybridized carbons (Fsp3) is 0.417. The molecular formula is C12H17NO3. The number of anilines is 1. The lowest BCUT2D eigenvalue weighted by molar-refractivity contribution is -0.121. The number of carbonyl (C=O) groups is 1. The molecule has 0 fully saturated rings. The van der Waals surface area contributed by atoms with Crippen LogP contribution < -0.4 is 9.64 Å². The third-order valence-corrected chi connectivity index (χ3v) is 2.21. The maximum absolute atomic E-state index is 11.4. The van der Waals surface area contributed by atoms with Gasteiger partial charge in [-0.3, -0.25) is 4.79 Å². The summed E-state index contributed by atoms with van der Waals surface area (Å²) in [6.07, 6.45) is 0. The number of ether oxygens (including phenoxy) is 2. The molecule has 0 atom stereocenters. The first kappa shape index (κ1) is 12.5. The van der Waals surface area contributed by atoms with E-state index in [1.165, 1.54) is 7.11 Å². The summed E-state index contributed by atoms with van der Waals surface area (Å²) in [5.41, 5.74) is 0.948. The molecule has 0 bridgehead atoms. The topological polar surface area (TPSA) is 38.8 Å². The highest BCUT2D eigenvalue weighted by Crippen LogP contribution is 2.19. The van der Waals surface area contributed by atoms with Crippen molar-refractivity contribution in [1.29, 1.82) is 0 Å². The molecule has 0 spiro atoms. The Morgan fingerprint density at radius 1 is 1.38 bits per heavy atom. The Bertz CT molecular complexity index is 352. The van der Waals surface area contributed by atoms with Crippen molar-refractivity contribution < 1.29 is 14.3 Å². The predicted octanol–water partition coefficient (Wildman–Crippen LogP) is 1.35. The first-order valence-electron chi connectivity index (χ1n) is 5.03. The molecule has 1 rings (SSSR count). The molecule has 4 heteroatoms. The molecule has 0 saturated carbocycles. The number of nitrogens with zero attached hydrogens (tertiary/aromatic N) is 1. The Hall–Kier alpha value is -1.55. The van der Waals surface area contributed by atoms with E-state index in [4.69, 9.17) is 9.47 Å². The number of carbonyl (C=O) groups excluding carboxylic acids is 1. The molecule has 16 heavy (non-hydrogen) atoms. The molecule has 0 aliphatic carbocycles. The van der Waals surface area contributed by atoms with Gasteiger partial charge in [0.25, 0.3) is 0 Å².